The van der Waals surface area contributed by atoms with Crippen molar-refractivity contribution in [3.8, 4) is 0 Å². The normalized spacial score (nSPS) is 12.4. The van der Waals surface area contributed by atoms with Crippen molar-refractivity contribution >= 4 is 17.9 Å². The van der Waals surface area contributed by atoms with Gasteiger partial charge in [-0.25, -0.2) is 0 Å². The van der Waals surface area contributed by atoms with Gasteiger partial charge in [-0.2, -0.15) is 0 Å². The van der Waals surface area contributed by atoms with Crippen LogP contribution in [0.3, 0.4) is 0 Å². The Balaban J connectivity index is 4.29. The fourth-order valence-electron chi connectivity index (χ4n) is 10.3. The zero-order valence-electron chi connectivity index (χ0n) is 49.6. The number of ether oxygens (including phenoxy) is 3. The summed E-state index contributed by atoms with van der Waals surface area (Å²) in [7, 11) is 0. The third kappa shape index (κ3) is 57.7. The lowest BCUT2D eigenvalue weighted by Crippen LogP contribution is -2.30. The first-order valence-corrected chi connectivity index (χ1v) is 32.8. The summed E-state index contributed by atoms with van der Waals surface area (Å²) in [5.41, 5.74) is 0. The quantitative estimate of drug-likeness (QED) is 0.0343. The molecule has 0 aromatic carbocycles. The van der Waals surface area contributed by atoms with Crippen molar-refractivity contribution in [3.05, 3.63) is 0 Å². The van der Waals surface area contributed by atoms with Crippen LogP contribution in [0.15, 0.2) is 0 Å². The van der Waals surface area contributed by atoms with Crippen molar-refractivity contribution in [2.45, 2.75) is 381 Å². The Morgan fingerprint density at radius 2 is 0.528 bits per heavy atom. The van der Waals surface area contributed by atoms with E-state index in [0.29, 0.717) is 19.3 Å². The van der Waals surface area contributed by atoms with Crippen molar-refractivity contribution in [2.75, 3.05) is 13.2 Å². The van der Waals surface area contributed by atoms with Gasteiger partial charge in [0, 0.05) is 19.3 Å². The van der Waals surface area contributed by atoms with Crippen LogP contribution in [0.5, 0.6) is 0 Å². The molecule has 72 heavy (non-hydrogen) atoms. The van der Waals surface area contributed by atoms with Crippen LogP contribution in [0.4, 0.5) is 0 Å². The lowest BCUT2D eigenvalue weighted by atomic mass is 9.99. The lowest BCUT2D eigenvalue weighted by molar-refractivity contribution is -0.167. The lowest BCUT2D eigenvalue weighted by Gasteiger charge is -2.18. The molecule has 0 heterocycles. The molecule has 0 aromatic rings. The summed E-state index contributed by atoms with van der Waals surface area (Å²) in [6, 6.07) is 0. The highest BCUT2D eigenvalue weighted by Crippen LogP contribution is 2.19. The number of carbonyl (C=O) groups excluding carboxylic acids is 3. The molecule has 0 radical (unpaired) electrons. The van der Waals surface area contributed by atoms with Crippen LogP contribution in [-0.2, 0) is 28.6 Å². The largest absolute Gasteiger partial charge is 0.462 e. The number of unbranched alkanes of at least 4 members (excludes halogenated alkanes) is 44. The molecular formula is C66H128O6. The smallest absolute Gasteiger partial charge is 0.306 e. The fraction of sp³-hybridized carbons (Fsp3) is 0.955. The summed E-state index contributed by atoms with van der Waals surface area (Å²) in [4.78, 5) is 38.4. The molecule has 0 aromatic heterocycles. The monoisotopic (exact) mass is 1020 g/mol. The van der Waals surface area contributed by atoms with Gasteiger partial charge in [-0.15, -0.1) is 0 Å². The molecule has 0 rings (SSSR count). The Labute approximate surface area is 450 Å². The molecule has 0 aliphatic heterocycles. The molecule has 6 heteroatoms. The van der Waals surface area contributed by atoms with Crippen molar-refractivity contribution in [2.24, 2.45) is 11.8 Å². The van der Waals surface area contributed by atoms with Gasteiger partial charge in [0.05, 0.1) is 0 Å². The van der Waals surface area contributed by atoms with Gasteiger partial charge < -0.3 is 14.2 Å². The minimum Gasteiger partial charge on any atom is -0.462 e. The molecule has 0 saturated carbocycles. The van der Waals surface area contributed by atoms with Gasteiger partial charge in [0.15, 0.2) is 6.10 Å². The maximum absolute atomic E-state index is 12.9. The molecule has 0 saturated heterocycles. The van der Waals surface area contributed by atoms with E-state index in [4.69, 9.17) is 14.2 Å². The van der Waals surface area contributed by atoms with Gasteiger partial charge in [-0.05, 0) is 31.1 Å². The Bertz CT molecular complexity index is 1110. The van der Waals surface area contributed by atoms with Gasteiger partial charge in [-0.3, -0.25) is 14.4 Å². The molecular weight excluding hydrogens is 889 g/mol. The zero-order valence-corrected chi connectivity index (χ0v) is 49.6. The summed E-state index contributed by atoms with van der Waals surface area (Å²) in [5.74, 6) is 0.916. The van der Waals surface area contributed by atoms with E-state index in [1.54, 1.807) is 0 Å². The number of carbonyl (C=O) groups is 3. The van der Waals surface area contributed by atoms with Crippen molar-refractivity contribution in [3.63, 3.8) is 0 Å². The summed E-state index contributed by atoms with van der Waals surface area (Å²) >= 11 is 0. The third-order valence-corrected chi connectivity index (χ3v) is 15.6. The van der Waals surface area contributed by atoms with Crippen LogP contribution in [0.1, 0.15) is 375 Å². The van der Waals surface area contributed by atoms with Gasteiger partial charge in [-0.1, -0.05) is 336 Å². The van der Waals surface area contributed by atoms with Crippen molar-refractivity contribution in [1.29, 1.82) is 0 Å². The minimum absolute atomic E-state index is 0.0617. The number of esters is 3. The Kier molecular flexibility index (Phi) is 57.4. The highest BCUT2D eigenvalue weighted by Gasteiger charge is 2.19. The Morgan fingerprint density at radius 1 is 0.292 bits per heavy atom. The van der Waals surface area contributed by atoms with Gasteiger partial charge in [0.1, 0.15) is 13.2 Å². The Morgan fingerprint density at radius 3 is 0.792 bits per heavy atom. The molecule has 0 aliphatic rings. The SMILES string of the molecule is CCCCCCCCCCCCCCCCCCCCC(=O)O[C@H](COC(=O)CCCCCCCCCCCCCCCCCC(C)C)COC(=O)CCCCCCCCCCCCCCCCC(C)CC. The second kappa shape index (κ2) is 58.7. The first-order valence-electron chi connectivity index (χ1n) is 32.8. The number of rotatable bonds is 60. The first-order chi connectivity index (χ1) is 35.3. The van der Waals surface area contributed by atoms with Crippen LogP contribution in [0.25, 0.3) is 0 Å². The van der Waals surface area contributed by atoms with E-state index in [2.05, 4.69) is 34.6 Å². The minimum atomic E-state index is -0.764. The molecule has 0 bridgehead atoms. The van der Waals surface area contributed by atoms with Crippen LogP contribution in [0, 0.1) is 11.8 Å². The molecule has 0 aliphatic carbocycles. The van der Waals surface area contributed by atoms with Crippen molar-refractivity contribution < 1.29 is 28.6 Å². The molecule has 6 nitrogen and oxygen atoms in total. The van der Waals surface area contributed by atoms with Crippen LogP contribution >= 0.6 is 0 Å². The van der Waals surface area contributed by atoms with Gasteiger partial charge in [0.25, 0.3) is 0 Å². The highest BCUT2D eigenvalue weighted by molar-refractivity contribution is 5.71. The summed E-state index contributed by atoms with van der Waals surface area (Å²) < 4.78 is 17.0. The molecule has 0 spiro atoms. The van der Waals surface area contributed by atoms with Crippen LogP contribution < -0.4 is 0 Å². The average Bonchev–Trinajstić information content (AvgIpc) is 3.37. The third-order valence-electron chi connectivity index (χ3n) is 15.6. The topological polar surface area (TPSA) is 78.9 Å². The van der Waals surface area contributed by atoms with E-state index >= 15 is 0 Å². The van der Waals surface area contributed by atoms with E-state index in [1.165, 1.54) is 263 Å². The summed E-state index contributed by atoms with van der Waals surface area (Å²) in [5, 5.41) is 0. The van der Waals surface area contributed by atoms with Gasteiger partial charge in [0.2, 0.25) is 0 Å². The predicted molar refractivity (Wildman–Crippen MR) is 312 cm³/mol. The first kappa shape index (κ1) is 70.4. The fourth-order valence-corrected chi connectivity index (χ4v) is 10.3. The number of hydrogen-bond donors (Lipinski definition) is 0. The molecule has 2 atom stereocenters. The maximum Gasteiger partial charge on any atom is 0.306 e. The standard InChI is InChI=1S/C66H128O6/c1-6-8-9-10-11-12-13-14-15-16-17-20-28-33-38-43-48-53-58-66(69)72-63(59-70-64(67)56-51-46-41-36-31-26-21-18-19-24-29-34-39-44-49-54-61(3)4)60-71-65(68)57-52-47-42-37-32-27-23-22-25-30-35-40-45-50-55-62(5)7-2/h61-63H,6-60H2,1-5H3/t62?,63-/m1/s1. The Hall–Kier alpha value is -1.59. The molecule has 0 amide bonds. The van der Waals surface area contributed by atoms with Crippen molar-refractivity contribution in [1.82, 2.24) is 0 Å². The predicted octanol–water partition coefficient (Wildman–Crippen LogP) is 22.0. The van der Waals surface area contributed by atoms with E-state index < -0.39 is 6.10 Å². The van der Waals surface area contributed by atoms with E-state index in [1.807, 2.05) is 0 Å². The van der Waals surface area contributed by atoms with Crippen LogP contribution in [0.2, 0.25) is 0 Å². The summed E-state index contributed by atoms with van der Waals surface area (Å²) in [6.45, 7) is 11.5. The molecule has 0 N–H and O–H groups in total. The molecule has 1 unspecified atom stereocenters. The van der Waals surface area contributed by atoms with Crippen LogP contribution in [-0.4, -0.2) is 37.2 Å². The zero-order chi connectivity index (χ0) is 52.5. The second-order valence-corrected chi connectivity index (χ2v) is 23.5. The average molecular weight is 1020 g/mol. The molecule has 0 fully saturated rings. The van der Waals surface area contributed by atoms with E-state index in [0.717, 1.165) is 69.6 Å². The second-order valence-electron chi connectivity index (χ2n) is 23.5. The summed E-state index contributed by atoms with van der Waals surface area (Å²) in [6.07, 6.45) is 65.3. The van der Waals surface area contributed by atoms with Gasteiger partial charge >= 0.3 is 17.9 Å². The van der Waals surface area contributed by atoms with E-state index in [-0.39, 0.29) is 31.1 Å². The highest BCUT2D eigenvalue weighted by atomic mass is 16.6. The maximum atomic E-state index is 12.9. The van der Waals surface area contributed by atoms with E-state index in [9.17, 15) is 14.4 Å². The molecule has 428 valence electrons. The number of hydrogen-bond acceptors (Lipinski definition) is 6.